The van der Waals surface area contributed by atoms with Gasteiger partial charge in [0.05, 0.1) is 39.9 Å². The van der Waals surface area contributed by atoms with Crippen LogP contribution in [-0.4, -0.2) is 73.4 Å². The summed E-state index contributed by atoms with van der Waals surface area (Å²) >= 11 is 0. The van der Waals surface area contributed by atoms with Crippen LogP contribution in [0.25, 0.3) is 0 Å². The first kappa shape index (κ1) is 70.5. The molecule has 0 spiro atoms. The number of hydrogen-bond donors (Lipinski definition) is 3. The first-order valence-electron chi connectivity index (χ1n) is 31.9. The van der Waals surface area contributed by atoms with Gasteiger partial charge in [-0.1, -0.05) is 322 Å². The van der Waals surface area contributed by atoms with Crippen molar-refractivity contribution < 1.29 is 32.9 Å². The van der Waals surface area contributed by atoms with Gasteiger partial charge in [-0.25, -0.2) is 4.57 Å². The molecule has 9 heteroatoms. The number of unbranched alkanes of at least 4 members (excludes halogenated alkanes) is 47. The minimum absolute atomic E-state index is 0.0793. The lowest BCUT2D eigenvalue weighted by molar-refractivity contribution is -0.870. The molecule has 0 aromatic carbocycles. The fourth-order valence-electron chi connectivity index (χ4n) is 10.1. The Morgan fingerprint density at radius 2 is 0.676 bits per heavy atom. The highest BCUT2D eigenvalue weighted by Crippen LogP contribution is 2.43. The lowest BCUT2D eigenvalue weighted by Gasteiger charge is -2.26. The maximum Gasteiger partial charge on any atom is 0.472 e. The van der Waals surface area contributed by atoms with E-state index >= 15 is 0 Å². The van der Waals surface area contributed by atoms with Crippen molar-refractivity contribution in [2.75, 3.05) is 40.9 Å². The van der Waals surface area contributed by atoms with Crippen LogP contribution in [0.2, 0.25) is 0 Å². The molecule has 3 atom stereocenters. The van der Waals surface area contributed by atoms with Crippen molar-refractivity contribution in [3.8, 4) is 0 Å². The van der Waals surface area contributed by atoms with E-state index in [4.69, 9.17) is 9.05 Å². The van der Waals surface area contributed by atoms with Gasteiger partial charge >= 0.3 is 7.82 Å². The van der Waals surface area contributed by atoms with Gasteiger partial charge in [0, 0.05) is 6.42 Å². The average molecular weight is 1030 g/mol. The molecule has 0 aliphatic carbocycles. The van der Waals surface area contributed by atoms with E-state index in [2.05, 4.69) is 19.2 Å². The van der Waals surface area contributed by atoms with Crippen molar-refractivity contribution in [2.24, 2.45) is 0 Å². The summed E-state index contributed by atoms with van der Waals surface area (Å²) in [5.74, 6) is -0.134. The van der Waals surface area contributed by atoms with E-state index in [1.807, 2.05) is 21.1 Å². The van der Waals surface area contributed by atoms with E-state index in [1.165, 1.54) is 276 Å². The third-order valence-electron chi connectivity index (χ3n) is 15.1. The summed E-state index contributed by atoms with van der Waals surface area (Å²) < 4.78 is 23.9. The summed E-state index contributed by atoms with van der Waals surface area (Å²) in [6, 6.07) is -0.756. The van der Waals surface area contributed by atoms with Crippen LogP contribution in [0.4, 0.5) is 0 Å². The van der Waals surface area contributed by atoms with Gasteiger partial charge in [-0.15, -0.1) is 0 Å². The Morgan fingerprint density at radius 3 is 0.944 bits per heavy atom. The second-order valence-electron chi connectivity index (χ2n) is 23.5. The number of nitrogens with zero attached hydrogens (tertiary/aromatic N) is 1. The molecule has 3 N–H and O–H groups in total. The van der Waals surface area contributed by atoms with E-state index < -0.39 is 20.0 Å². The molecule has 0 saturated carbocycles. The highest BCUT2D eigenvalue weighted by molar-refractivity contribution is 7.47. The Labute approximate surface area is 444 Å². The van der Waals surface area contributed by atoms with Gasteiger partial charge in [0.1, 0.15) is 13.2 Å². The van der Waals surface area contributed by atoms with E-state index in [9.17, 15) is 19.4 Å². The van der Waals surface area contributed by atoms with Crippen LogP contribution >= 0.6 is 7.82 Å². The van der Waals surface area contributed by atoms with Crippen LogP contribution in [-0.2, 0) is 18.4 Å². The van der Waals surface area contributed by atoms with Crippen molar-refractivity contribution in [3.63, 3.8) is 0 Å². The number of hydrogen-bond acceptors (Lipinski definition) is 5. The predicted molar refractivity (Wildman–Crippen MR) is 309 cm³/mol. The van der Waals surface area contributed by atoms with Crippen molar-refractivity contribution in [3.05, 3.63) is 0 Å². The standard InChI is InChI=1S/C62H127N2O6P/c1-6-8-10-12-14-16-18-20-22-24-26-28-30-31-32-33-34-35-37-39-41-43-45-47-49-51-53-55-61(65)60(59-70-71(67,68)69-58-57-64(3,4)5)63-62(66)56-54-52-50-48-46-44-42-40-38-36-29-27-25-23-21-19-17-15-13-11-9-7-2/h60-61,65H,6-59H2,1-5H3,(H-,63,66,67,68)/p+1. The third kappa shape index (κ3) is 57.1. The number of carbonyl (C=O) groups excluding carboxylic acids is 1. The zero-order chi connectivity index (χ0) is 52.0. The quantitative estimate of drug-likeness (QED) is 0.0318. The normalized spacial score (nSPS) is 13.7. The molecule has 8 nitrogen and oxygen atoms in total. The molecule has 3 unspecified atom stereocenters. The van der Waals surface area contributed by atoms with Crippen molar-refractivity contribution in [1.29, 1.82) is 0 Å². The molecule has 1 amide bonds. The monoisotopic (exact) mass is 1030 g/mol. The molecule has 426 valence electrons. The van der Waals surface area contributed by atoms with Crippen molar-refractivity contribution >= 4 is 13.7 Å². The summed E-state index contributed by atoms with van der Waals surface area (Å²) in [7, 11) is 1.64. The molecular formula is C62H128N2O6P+. The van der Waals surface area contributed by atoms with Gasteiger partial charge in [-0.2, -0.15) is 0 Å². The van der Waals surface area contributed by atoms with Gasteiger partial charge in [0.25, 0.3) is 0 Å². The van der Waals surface area contributed by atoms with Crippen LogP contribution in [0.1, 0.15) is 341 Å². The summed E-state index contributed by atoms with van der Waals surface area (Å²) in [4.78, 5) is 23.4. The lowest BCUT2D eigenvalue weighted by atomic mass is 10.0. The summed E-state index contributed by atoms with van der Waals surface area (Å²) in [6.45, 7) is 4.96. The number of nitrogens with one attached hydrogen (secondary N) is 1. The smallest absolute Gasteiger partial charge is 0.391 e. The molecule has 0 aromatic heterocycles. The number of carbonyl (C=O) groups is 1. The van der Waals surface area contributed by atoms with Crippen molar-refractivity contribution in [2.45, 2.75) is 353 Å². The molecule has 0 radical (unpaired) electrons. The Hall–Kier alpha value is -0.500. The van der Waals surface area contributed by atoms with E-state index in [0.717, 1.165) is 38.5 Å². The second kappa shape index (κ2) is 54.3. The molecule has 0 heterocycles. The first-order chi connectivity index (χ1) is 34.5. The topological polar surface area (TPSA) is 105 Å². The zero-order valence-corrected chi connectivity index (χ0v) is 49.7. The number of rotatable bonds is 60. The minimum atomic E-state index is -4.32. The van der Waals surface area contributed by atoms with Crippen LogP contribution in [0.15, 0.2) is 0 Å². The Balaban J connectivity index is 4.05. The van der Waals surface area contributed by atoms with Crippen LogP contribution in [0.3, 0.4) is 0 Å². The molecule has 0 aliphatic heterocycles. The summed E-state index contributed by atoms with van der Waals surface area (Å²) in [6.07, 6.45) is 66.1. The molecule has 0 rings (SSSR count). The largest absolute Gasteiger partial charge is 0.472 e. The lowest BCUT2D eigenvalue weighted by Crippen LogP contribution is -2.46. The fraction of sp³-hybridized carbons (Fsp3) is 0.984. The van der Waals surface area contributed by atoms with Crippen LogP contribution in [0, 0.1) is 0 Å². The molecule has 0 saturated heterocycles. The molecule has 0 bridgehead atoms. The Kier molecular flexibility index (Phi) is 53.9. The third-order valence-corrected chi connectivity index (χ3v) is 16.1. The van der Waals surface area contributed by atoms with Gasteiger partial charge in [-0.05, 0) is 12.8 Å². The van der Waals surface area contributed by atoms with Crippen LogP contribution < -0.4 is 5.32 Å². The predicted octanol–water partition coefficient (Wildman–Crippen LogP) is 19.6. The Bertz CT molecular complexity index is 1120. The molecule has 0 fully saturated rings. The molecule has 71 heavy (non-hydrogen) atoms. The SMILES string of the molecule is CCCCCCCCCCCCCCCCCCCCCCCCCCCCCC(O)C(COP(=O)(O)OCC[N+](C)(C)C)NC(=O)CCCCCCCCCCCCCCCCCCCCCCCC. The number of quaternary nitrogens is 1. The number of phosphoric acid groups is 1. The molecule has 0 aliphatic rings. The van der Waals surface area contributed by atoms with E-state index in [1.54, 1.807) is 0 Å². The minimum Gasteiger partial charge on any atom is -0.391 e. The second-order valence-corrected chi connectivity index (χ2v) is 25.0. The number of amides is 1. The van der Waals surface area contributed by atoms with Gasteiger partial charge in [0.2, 0.25) is 5.91 Å². The zero-order valence-electron chi connectivity index (χ0n) is 48.8. The van der Waals surface area contributed by atoms with Crippen LogP contribution in [0.5, 0.6) is 0 Å². The van der Waals surface area contributed by atoms with Gasteiger partial charge in [0.15, 0.2) is 0 Å². The fourth-order valence-corrected chi connectivity index (χ4v) is 10.8. The molecular weight excluding hydrogens is 900 g/mol. The maximum absolute atomic E-state index is 13.0. The van der Waals surface area contributed by atoms with E-state index in [-0.39, 0.29) is 19.1 Å². The van der Waals surface area contributed by atoms with Gasteiger partial charge in [-0.3, -0.25) is 13.8 Å². The average Bonchev–Trinajstić information content (AvgIpc) is 3.33. The van der Waals surface area contributed by atoms with Crippen molar-refractivity contribution in [1.82, 2.24) is 5.32 Å². The molecule has 0 aromatic rings. The number of aliphatic hydroxyl groups is 1. The Morgan fingerprint density at radius 1 is 0.423 bits per heavy atom. The highest BCUT2D eigenvalue weighted by atomic mass is 31.2. The highest BCUT2D eigenvalue weighted by Gasteiger charge is 2.28. The number of likely N-dealkylation sites (N-methyl/N-ethyl adjacent to an activating group) is 1. The first-order valence-corrected chi connectivity index (χ1v) is 33.4. The number of aliphatic hydroxyl groups excluding tert-OH is 1. The van der Waals surface area contributed by atoms with E-state index in [0.29, 0.717) is 23.9 Å². The maximum atomic E-state index is 13.0. The van der Waals surface area contributed by atoms with Gasteiger partial charge < -0.3 is 19.8 Å². The summed E-state index contributed by atoms with van der Waals surface area (Å²) in [5, 5.41) is 14.1. The number of phosphoric ester groups is 1. The summed E-state index contributed by atoms with van der Waals surface area (Å²) in [5.41, 5.74) is 0.